The fraction of sp³-hybridized carbons (Fsp3) is 0.0500. The molecule has 2 N–H and O–H groups in total. The van der Waals surface area contributed by atoms with Crippen molar-refractivity contribution in [1.29, 1.82) is 0 Å². The topological polar surface area (TPSA) is 84.5 Å². The quantitative estimate of drug-likeness (QED) is 0.568. The van der Waals surface area contributed by atoms with Gasteiger partial charge >= 0.3 is 0 Å². The molecule has 0 saturated carbocycles. The van der Waals surface area contributed by atoms with E-state index in [4.69, 9.17) is 16.3 Å². The Morgan fingerprint density at radius 2 is 1.67 bits per heavy atom. The molecule has 30 heavy (non-hydrogen) atoms. The molecule has 10 heteroatoms. The van der Waals surface area contributed by atoms with Crippen molar-refractivity contribution in [3.63, 3.8) is 0 Å². The van der Waals surface area contributed by atoms with Gasteiger partial charge in [0.2, 0.25) is 0 Å². The van der Waals surface area contributed by atoms with Crippen LogP contribution in [0.4, 0.5) is 20.2 Å². The molecular formula is C20H15ClF2N2O4S. The van der Waals surface area contributed by atoms with E-state index in [-0.39, 0.29) is 22.0 Å². The predicted octanol–water partition coefficient (Wildman–Crippen LogP) is 4.68. The molecule has 0 fully saturated rings. The van der Waals surface area contributed by atoms with Gasteiger partial charge < -0.3 is 10.1 Å². The molecule has 1 amide bonds. The predicted molar refractivity (Wildman–Crippen MR) is 110 cm³/mol. The second-order valence-electron chi connectivity index (χ2n) is 6.03. The fourth-order valence-corrected chi connectivity index (χ4v) is 3.95. The van der Waals surface area contributed by atoms with Gasteiger partial charge in [0, 0.05) is 16.4 Å². The highest BCUT2D eigenvalue weighted by atomic mass is 35.5. The lowest BCUT2D eigenvalue weighted by atomic mass is 10.2. The van der Waals surface area contributed by atoms with Crippen LogP contribution >= 0.6 is 11.6 Å². The number of benzene rings is 3. The van der Waals surface area contributed by atoms with Crippen molar-refractivity contribution in [1.82, 2.24) is 0 Å². The highest BCUT2D eigenvalue weighted by Gasteiger charge is 2.22. The number of ether oxygens (including phenoxy) is 1. The summed E-state index contributed by atoms with van der Waals surface area (Å²) in [5.41, 5.74) is -0.215. The van der Waals surface area contributed by atoms with Gasteiger partial charge in [-0.15, -0.1) is 0 Å². The van der Waals surface area contributed by atoms with Crippen LogP contribution in [0.3, 0.4) is 0 Å². The van der Waals surface area contributed by atoms with Gasteiger partial charge in [-0.2, -0.15) is 0 Å². The number of sulfonamides is 1. The third kappa shape index (κ3) is 4.69. The molecule has 0 spiro atoms. The van der Waals surface area contributed by atoms with Crippen LogP contribution in [0.2, 0.25) is 5.02 Å². The summed E-state index contributed by atoms with van der Waals surface area (Å²) in [6, 6.07) is 13.0. The molecule has 0 atom stereocenters. The van der Waals surface area contributed by atoms with Crippen molar-refractivity contribution in [3.8, 4) is 5.75 Å². The lowest BCUT2D eigenvalue weighted by Gasteiger charge is -2.14. The minimum Gasteiger partial charge on any atom is -0.495 e. The van der Waals surface area contributed by atoms with E-state index in [0.29, 0.717) is 5.02 Å². The number of anilines is 2. The first-order valence-corrected chi connectivity index (χ1v) is 10.3. The molecule has 0 saturated heterocycles. The van der Waals surface area contributed by atoms with Crippen LogP contribution in [0.15, 0.2) is 65.6 Å². The summed E-state index contributed by atoms with van der Waals surface area (Å²) in [4.78, 5) is 12.0. The molecule has 0 bridgehead atoms. The van der Waals surface area contributed by atoms with Crippen LogP contribution in [-0.2, 0) is 10.0 Å². The Bertz CT molecular complexity index is 1200. The Morgan fingerprint density at radius 1 is 1.00 bits per heavy atom. The van der Waals surface area contributed by atoms with E-state index in [2.05, 4.69) is 10.0 Å². The van der Waals surface area contributed by atoms with Crippen molar-refractivity contribution < 1.29 is 26.7 Å². The van der Waals surface area contributed by atoms with Crippen LogP contribution in [0.25, 0.3) is 0 Å². The number of amides is 1. The van der Waals surface area contributed by atoms with Gasteiger partial charge in [-0.3, -0.25) is 9.52 Å². The van der Waals surface area contributed by atoms with Crippen LogP contribution < -0.4 is 14.8 Å². The molecule has 0 unspecified atom stereocenters. The van der Waals surface area contributed by atoms with Crippen molar-refractivity contribution in [2.24, 2.45) is 0 Å². The highest BCUT2D eigenvalue weighted by molar-refractivity contribution is 7.92. The number of halogens is 3. The van der Waals surface area contributed by atoms with Crippen LogP contribution in [-0.4, -0.2) is 21.4 Å². The molecular weight excluding hydrogens is 438 g/mol. The standard InChI is InChI=1S/C20H15ClF2N2O4S/c1-29-17-10-9-14(24-20(26)15-3-2-4-16(22)19(15)23)11-18(17)30(27,28)25-13-7-5-12(21)6-8-13/h2-11,25H,1H3,(H,24,26). The van der Waals surface area contributed by atoms with Gasteiger partial charge in [-0.25, -0.2) is 17.2 Å². The minimum atomic E-state index is -4.11. The second-order valence-corrected chi connectivity index (χ2v) is 8.12. The first kappa shape index (κ1) is 21.5. The molecule has 0 aliphatic carbocycles. The summed E-state index contributed by atoms with van der Waals surface area (Å²) in [5, 5.41) is 2.79. The summed E-state index contributed by atoms with van der Waals surface area (Å²) < 4.78 is 60.3. The number of methoxy groups -OCH3 is 1. The molecule has 0 aliphatic heterocycles. The minimum absolute atomic E-state index is 0.0198. The molecule has 6 nitrogen and oxygen atoms in total. The lowest BCUT2D eigenvalue weighted by molar-refractivity contribution is 0.102. The number of hydrogen-bond acceptors (Lipinski definition) is 4. The molecule has 156 valence electrons. The van der Waals surface area contributed by atoms with Crippen molar-refractivity contribution in [2.75, 3.05) is 17.1 Å². The maximum absolute atomic E-state index is 13.8. The van der Waals surface area contributed by atoms with Crippen LogP contribution in [0.5, 0.6) is 5.75 Å². The maximum atomic E-state index is 13.8. The SMILES string of the molecule is COc1ccc(NC(=O)c2cccc(F)c2F)cc1S(=O)(=O)Nc1ccc(Cl)cc1. The highest BCUT2D eigenvalue weighted by Crippen LogP contribution is 2.29. The third-order valence-corrected chi connectivity index (χ3v) is 5.66. The first-order chi connectivity index (χ1) is 14.2. The van der Waals surface area contributed by atoms with Crippen LogP contribution in [0.1, 0.15) is 10.4 Å². The number of rotatable bonds is 6. The largest absolute Gasteiger partial charge is 0.495 e. The van der Waals surface area contributed by atoms with Crippen molar-refractivity contribution >= 4 is 38.9 Å². The average Bonchev–Trinajstić information content (AvgIpc) is 2.71. The van der Waals surface area contributed by atoms with Crippen molar-refractivity contribution in [2.45, 2.75) is 4.90 Å². The van der Waals surface area contributed by atoms with Crippen molar-refractivity contribution in [3.05, 3.63) is 82.9 Å². The van der Waals surface area contributed by atoms with E-state index >= 15 is 0 Å². The summed E-state index contributed by atoms with van der Waals surface area (Å²) in [7, 11) is -2.82. The molecule has 3 rings (SSSR count). The zero-order valence-electron chi connectivity index (χ0n) is 15.4. The van der Waals surface area contributed by atoms with Gasteiger partial charge in [-0.1, -0.05) is 17.7 Å². The van der Waals surface area contributed by atoms with E-state index in [1.165, 1.54) is 49.6 Å². The van der Waals surface area contributed by atoms with E-state index in [1.807, 2.05) is 0 Å². The number of carbonyl (C=O) groups is 1. The molecule has 3 aromatic carbocycles. The molecule has 0 radical (unpaired) electrons. The lowest BCUT2D eigenvalue weighted by Crippen LogP contribution is -2.17. The Hall–Kier alpha value is -3.17. The Morgan fingerprint density at radius 3 is 2.33 bits per heavy atom. The smallest absolute Gasteiger partial charge is 0.265 e. The van der Waals surface area contributed by atoms with E-state index < -0.39 is 33.1 Å². The van der Waals surface area contributed by atoms with Gasteiger partial charge in [0.1, 0.15) is 10.6 Å². The fourth-order valence-electron chi connectivity index (χ4n) is 2.57. The summed E-state index contributed by atoms with van der Waals surface area (Å²) in [6.07, 6.45) is 0. The maximum Gasteiger partial charge on any atom is 0.265 e. The van der Waals surface area contributed by atoms with Gasteiger partial charge in [0.15, 0.2) is 11.6 Å². The number of carbonyl (C=O) groups excluding carboxylic acids is 1. The average molecular weight is 453 g/mol. The molecule has 0 aliphatic rings. The van der Waals surface area contributed by atoms with Gasteiger partial charge in [0.25, 0.3) is 15.9 Å². The zero-order valence-corrected chi connectivity index (χ0v) is 17.0. The Kier molecular flexibility index (Phi) is 6.23. The monoisotopic (exact) mass is 452 g/mol. The summed E-state index contributed by atoms with van der Waals surface area (Å²) >= 11 is 5.80. The third-order valence-electron chi connectivity index (χ3n) is 4.00. The van der Waals surface area contributed by atoms with E-state index in [1.54, 1.807) is 0 Å². The van der Waals surface area contributed by atoms with Crippen LogP contribution in [0, 0.1) is 11.6 Å². The number of hydrogen-bond donors (Lipinski definition) is 2. The number of nitrogens with one attached hydrogen (secondary N) is 2. The summed E-state index contributed by atoms with van der Waals surface area (Å²) in [6.45, 7) is 0. The van der Waals surface area contributed by atoms with Gasteiger partial charge in [0.05, 0.1) is 12.7 Å². The molecule has 0 aromatic heterocycles. The Labute approximate surface area is 176 Å². The normalized spacial score (nSPS) is 11.1. The van der Waals surface area contributed by atoms with E-state index in [9.17, 15) is 22.0 Å². The Balaban J connectivity index is 1.92. The second kappa shape index (κ2) is 8.68. The summed E-state index contributed by atoms with van der Waals surface area (Å²) in [5.74, 6) is -3.40. The van der Waals surface area contributed by atoms with E-state index in [0.717, 1.165) is 18.2 Å². The zero-order chi connectivity index (χ0) is 21.9. The first-order valence-electron chi connectivity index (χ1n) is 8.43. The van der Waals surface area contributed by atoms with Gasteiger partial charge in [-0.05, 0) is 54.6 Å². The molecule has 3 aromatic rings. The molecule has 0 heterocycles.